The van der Waals surface area contributed by atoms with Crippen LogP contribution in [0, 0.1) is 6.92 Å². The van der Waals surface area contributed by atoms with E-state index in [1.165, 1.54) is 18.3 Å². The molecule has 0 aliphatic carbocycles. The number of aryl methyl sites for hydroxylation is 1. The van der Waals surface area contributed by atoms with E-state index in [0.717, 1.165) is 55.1 Å². The lowest BCUT2D eigenvalue weighted by Crippen LogP contribution is -3.00. The number of anilines is 2. The van der Waals surface area contributed by atoms with Crippen LogP contribution in [0.15, 0.2) is 48.8 Å². The van der Waals surface area contributed by atoms with Gasteiger partial charge in [0.05, 0.1) is 49.3 Å². The maximum absolute atomic E-state index is 13.2. The summed E-state index contributed by atoms with van der Waals surface area (Å²) < 4.78 is 51.3. The van der Waals surface area contributed by atoms with Crippen molar-refractivity contribution in [3.8, 4) is 17.0 Å². The lowest BCUT2D eigenvalue weighted by atomic mass is 10.0. The third kappa shape index (κ3) is 7.98. The number of amides is 1. The Morgan fingerprint density at radius 2 is 1.89 bits per heavy atom. The molecule has 2 aliphatic rings. The number of morpholine rings is 1. The second-order valence-corrected chi connectivity index (χ2v) is 11.5. The van der Waals surface area contributed by atoms with Crippen LogP contribution in [0.3, 0.4) is 0 Å². The lowest BCUT2D eigenvalue weighted by molar-refractivity contribution is -0.675. The normalized spacial score (nSPS) is 17.1. The van der Waals surface area contributed by atoms with Gasteiger partial charge in [0, 0.05) is 54.8 Å². The number of carbonyl (C=O) groups excluding carboxylic acids is 1. The second kappa shape index (κ2) is 14.1. The number of nitrogens with one attached hydrogen (secondary N) is 1. The van der Waals surface area contributed by atoms with Crippen molar-refractivity contribution in [2.24, 2.45) is 0 Å². The van der Waals surface area contributed by atoms with Gasteiger partial charge in [-0.05, 0) is 51.1 Å². The number of hydrogen-bond acceptors (Lipinski definition) is 7. The van der Waals surface area contributed by atoms with Crippen molar-refractivity contribution in [3.63, 3.8) is 0 Å². The van der Waals surface area contributed by atoms with Gasteiger partial charge < -0.3 is 37.4 Å². The van der Waals surface area contributed by atoms with Gasteiger partial charge in [-0.25, -0.2) is 4.98 Å². The summed E-state index contributed by atoms with van der Waals surface area (Å²) in [6.45, 7) is 13.4. The molecule has 0 atom stereocenters. The van der Waals surface area contributed by atoms with E-state index >= 15 is 0 Å². The van der Waals surface area contributed by atoms with Crippen LogP contribution in [0.25, 0.3) is 11.1 Å². The van der Waals surface area contributed by atoms with Crippen LogP contribution in [-0.2, 0) is 10.9 Å². The molecule has 2 saturated heterocycles. The standard InChI is InChI=1S/C31H37F3N6O3.ClH/c1-21-26(17-25(19-36-21)38-28(41)22-5-4-6-24(15-22)31(32,33)34)23-16-27(39-9-12-42-13-10-39)29(37-18-23)43-14-11-40-8-7-35-20-30(40,2)3;/h4-6,15-19,35H,7-14,20H2,1-3H3,(H,38,41);1H. The molecule has 3 N–H and O–H groups in total. The molecule has 4 heterocycles. The minimum atomic E-state index is -4.54. The van der Waals surface area contributed by atoms with E-state index in [0.29, 0.717) is 50.2 Å². The summed E-state index contributed by atoms with van der Waals surface area (Å²) >= 11 is 0. The molecule has 3 aromatic rings. The molecule has 9 nitrogen and oxygen atoms in total. The number of hydrogen-bond donors (Lipinski definition) is 2. The van der Waals surface area contributed by atoms with Gasteiger partial charge in [-0.3, -0.25) is 14.7 Å². The second-order valence-electron chi connectivity index (χ2n) is 11.5. The van der Waals surface area contributed by atoms with E-state index in [1.807, 2.05) is 13.0 Å². The van der Waals surface area contributed by atoms with Crippen LogP contribution in [0.4, 0.5) is 24.5 Å². The molecule has 13 heteroatoms. The number of rotatable bonds is 8. The van der Waals surface area contributed by atoms with Gasteiger partial charge in [0.15, 0.2) is 0 Å². The number of benzene rings is 1. The fourth-order valence-electron chi connectivity index (χ4n) is 5.46. The Morgan fingerprint density at radius 3 is 2.61 bits per heavy atom. The summed E-state index contributed by atoms with van der Waals surface area (Å²) in [4.78, 5) is 26.6. The van der Waals surface area contributed by atoms with E-state index in [2.05, 4.69) is 39.3 Å². The molecule has 0 radical (unpaired) electrons. The van der Waals surface area contributed by atoms with Gasteiger partial charge in [-0.2, -0.15) is 13.2 Å². The highest BCUT2D eigenvalue weighted by molar-refractivity contribution is 6.04. The number of quaternary nitrogens is 1. The SMILES string of the molecule is Cc1ncc(NC(=O)c2cccc(C(F)(F)F)c2)cc1-c1cnc(OCCN2CC[NH2+]CC2(C)C)c(N2CCOCC2)c1.[Cl-]. The van der Waals surface area contributed by atoms with Gasteiger partial charge >= 0.3 is 6.18 Å². The molecule has 238 valence electrons. The molecule has 1 aromatic carbocycles. The molecule has 5 rings (SSSR count). The predicted molar refractivity (Wildman–Crippen MR) is 157 cm³/mol. The Hall–Kier alpha value is -3.45. The molecule has 0 saturated carbocycles. The quantitative estimate of drug-likeness (QED) is 0.375. The Labute approximate surface area is 261 Å². The summed E-state index contributed by atoms with van der Waals surface area (Å²) in [6.07, 6.45) is -1.34. The molecular weight excluding hydrogens is 597 g/mol. The number of alkyl halides is 3. The highest BCUT2D eigenvalue weighted by atomic mass is 35.5. The van der Waals surface area contributed by atoms with Crippen molar-refractivity contribution in [2.75, 3.05) is 69.3 Å². The summed E-state index contributed by atoms with van der Waals surface area (Å²) in [7, 11) is 0. The van der Waals surface area contributed by atoms with Crippen LogP contribution in [-0.4, -0.2) is 85.4 Å². The molecule has 0 spiro atoms. The Balaban J connectivity index is 0.00000442. The molecule has 0 unspecified atom stereocenters. The Morgan fingerprint density at radius 1 is 1.11 bits per heavy atom. The fraction of sp³-hybridized carbons (Fsp3) is 0.452. The van der Waals surface area contributed by atoms with Gasteiger partial charge in [0.1, 0.15) is 12.3 Å². The first-order valence-electron chi connectivity index (χ1n) is 14.5. The minimum Gasteiger partial charge on any atom is -1.00 e. The topological polar surface area (TPSA) is 96.4 Å². The number of nitrogens with zero attached hydrogens (tertiary/aromatic N) is 4. The maximum atomic E-state index is 13.2. The van der Waals surface area contributed by atoms with Crippen LogP contribution in [0.2, 0.25) is 0 Å². The number of ether oxygens (including phenoxy) is 2. The zero-order valence-corrected chi connectivity index (χ0v) is 25.8. The first-order chi connectivity index (χ1) is 20.5. The van der Waals surface area contributed by atoms with Crippen molar-refractivity contribution in [2.45, 2.75) is 32.5 Å². The third-order valence-corrected chi connectivity index (χ3v) is 7.99. The van der Waals surface area contributed by atoms with Crippen molar-refractivity contribution in [3.05, 3.63) is 65.6 Å². The molecule has 2 fully saturated rings. The number of nitrogens with two attached hydrogens (primary N) is 1. The predicted octanol–water partition coefficient (Wildman–Crippen LogP) is 0.600. The number of pyridine rings is 2. The summed E-state index contributed by atoms with van der Waals surface area (Å²) in [5.74, 6) is -0.111. The van der Waals surface area contributed by atoms with E-state index < -0.39 is 17.6 Å². The maximum Gasteiger partial charge on any atom is 0.416 e. The highest BCUT2D eigenvalue weighted by Crippen LogP contribution is 2.34. The third-order valence-electron chi connectivity index (χ3n) is 7.99. The molecule has 44 heavy (non-hydrogen) atoms. The molecule has 2 aromatic heterocycles. The van der Waals surface area contributed by atoms with E-state index in [4.69, 9.17) is 14.5 Å². The Bertz CT molecular complexity index is 1450. The number of halogens is 4. The number of aromatic nitrogens is 2. The summed E-state index contributed by atoms with van der Waals surface area (Å²) in [5, 5.41) is 5.03. The monoisotopic (exact) mass is 634 g/mol. The average molecular weight is 635 g/mol. The number of carbonyl (C=O) groups is 1. The zero-order valence-electron chi connectivity index (χ0n) is 25.1. The van der Waals surface area contributed by atoms with Gasteiger partial charge in [0.2, 0.25) is 5.88 Å². The van der Waals surface area contributed by atoms with Crippen molar-refractivity contribution < 1.29 is 45.2 Å². The molecule has 2 aliphatic heterocycles. The average Bonchev–Trinajstić information content (AvgIpc) is 2.99. The molecule has 1 amide bonds. The van der Waals surface area contributed by atoms with Gasteiger partial charge in [-0.1, -0.05) is 6.07 Å². The van der Waals surface area contributed by atoms with Crippen LogP contribution < -0.4 is 32.7 Å². The largest absolute Gasteiger partial charge is 1.00 e. The summed E-state index contributed by atoms with van der Waals surface area (Å²) in [5.41, 5.74) is 2.55. The zero-order chi connectivity index (χ0) is 30.6. The smallest absolute Gasteiger partial charge is 0.416 e. The van der Waals surface area contributed by atoms with Crippen molar-refractivity contribution >= 4 is 17.3 Å². The van der Waals surface area contributed by atoms with E-state index in [9.17, 15) is 18.0 Å². The Kier molecular flexibility index (Phi) is 10.7. The molecule has 0 bridgehead atoms. The van der Waals surface area contributed by atoms with Gasteiger partial charge in [-0.15, -0.1) is 0 Å². The minimum absolute atomic E-state index is 0. The van der Waals surface area contributed by atoms with Gasteiger partial charge in [0.25, 0.3) is 5.91 Å². The van der Waals surface area contributed by atoms with E-state index in [-0.39, 0.29) is 23.5 Å². The van der Waals surface area contributed by atoms with E-state index in [1.54, 1.807) is 12.3 Å². The first-order valence-corrected chi connectivity index (χ1v) is 14.5. The first kappa shape index (κ1) is 33.4. The van der Waals surface area contributed by atoms with Crippen LogP contribution in [0.1, 0.15) is 35.5 Å². The van der Waals surface area contributed by atoms with Crippen molar-refractivity contribution in [1.29, 1.82) is 0 Å². The van der Waals surface area contributed by atoms with Crippen LogP contribution >= 0.6 is 0 Å². The summed E-state index contributed by atoms with van der Waals surface area (Å²) in [6, 6.07) is 8.08. The fourth-order valence-corrected chi connectivity index (χ4v) is 5.46. The number of piperazine rings is 1. The van der Waals surface area contributed by atoms with Crippen LogP contribution in [0.5, 0.6) is 5.88 Å². The molecular formula is C31H38ClF3N6O3. The van der Waals surface area contributed by atoms with Crippen molar-refractivity contribution in [1.82, 2.24) is 14.9 Å². The lowest BCUT2D eigenvalue weighted by Gasteiger charge is -2.40. The highest BCUT2D eigenvalue weighted by Gasteiger charge is 2.32.